The first-order chi connectivity index (χ1) is 16.9. The van der Waals surface area contributed by atoms with E-state index in [9.17, 15) is 9.90 Å². The Morgan fingerprint density at radius 1 is 1.06 bits per heavy atom. The van der Waals surface area contributed by atoms with Crippen LogP contribution in [-0.2, 0) is 17.8 Å². The van der Waals surface area contributed by atoms with E-state index in [2.05, 4.69) is 9.88 Å². The fraction of sp³-hybridized carbons (Fsp3) is 0.333. The van der Waals surface area contributed by atoms with E-state index in [0.29, 0.717) is 41.4 Å². The zero-order valence-corrected chi connectivity index (χ0v) is 21.0. The van der Waals surface area contributed by atoms with Crippen LogP contribution < -0.4 is 10.3 Å². The Morgan fingerprint density at radius 3 is 2.54 bits per heavy atom. The highest BCUT2D eigenvalue weighted by Crippen LogP contribution is 2.36. The number of thiophene rings is 1. The van der Waals surface area contributed by atoms with Gasteiger partial charge in [-0.05, 0) is 25.5 Å². The summed E-state index contributed by atoms with van der Waals surface area (Å²) in [6, 6.07) is 17.7. The predicted octanol–water partition coefficient (Wildman–Crippen LogP) is 4.45. The van der Waals surface area contributed by atoms with Crippen molar-refractivity contribution in [3.05, 3.63) is 81.7 Å². The topological polar surface area (TPSA) is 87.7 Å². The molecule has 2 heterocycles. The minimum Gasteiger partial charge on any atom is -0.496 e. The average Bonchev–Trinajstić information content (AvgIpc) is 3.27. The van der Waals surface area contributed by atoms with Gasteiger partial charge in [0, 0.05) is 29.6 Å². The molecule has 0 saturated carbocycles. The molecule has 0 aliphatic carbocycles. The smallest absolute Gasteiger partial charge is 0.260 e. The van der Waals surface area contributed by atoms with E-state index in [1.807, 2.05) is 73.8 Å². The summed E-state index contributed by atoms with van der Waals surface area (Å²) in [5.41, 5.74) is 2.60. The fourth-order valence-electron chi connectivity index (χ4n) is 4.03. The van der Waals surface area contributed by atoms with Gasteiger partial charge in [-0.25, -0.2) is 4.98 Å². The molecule has 0 aliphatic rings. The molecule has 0 radical (unpaired) electrons. The Kier molecular flexibility index (Phi) is 8.30. The standard InChI is InChI=1S/C27H31N3O4S/c1-18(2)34-16-20(31)14-30(13-19-9-5-4-6-10-19)15-24-28-26(32)25-22(17-35-27(25)29-24)21-11-7-8-12-23(21)33-3/h4-12,17-18,20,31H,13-16H2,1-3H3,(H,28,29,32). The molecule has 0 bridgehead atoms. The molecule has 2 N–H and O–H groups in total. The number of rotatable bonds is 11. The Balaban J connectivity index is 1.61. The Bertz CT molecular complexity index is 1300. The zero-order chi connectivity index (χ0) is 24.8. The number of nitrogens with one attached hydrogen (secondary N) is 1. The van der Waals surface area contributed by atoms with E-state index in [1.165, 1.54) is 11.3 Å². The van der Waals surface area contributed by atoms with Crippen molar-refractivity contribution >= 4 is 21.6 Å². The van der Waals surface area contributed by atoms with E-state index < -0.39 is 6.10 Å². The molecule has 8 heteroatoms. The molecule has 0 amide bonds. The summed E-state index contributed by atoms with van der Waals surface area (Å²) in [6.45, 7) is 5.52. The quantitative estimate of drug-likeness (QED) is 0.321. The lowest BCUT2D eigenvalue weighted by molar-refractivity contribution is -0.0109. The average molecular weight is 494 g/mol. The van der Waals surface area contributed by atoms with Crippen LogP contribution >= 0.6 is 11.3 Å². The van der Waals surface area contributed by atoms with E-state index in [-0.39, 0.29) is 18.3 Å². The Hall–Kier alpha value is -3.04. The first-order valence-corrected chi connectivity index (χ1v) is 12.5. The number of aromatic amines is 1. The highest BCUT2D eigenvalue weighted by molar-refractivity contribution is 7.17. The Labute approximate surface area is 209 Å². The highest BCUT2D eigenvalue weighted by Gasteiger charge is 2.19. The van der Waals surface area contributed by atoms with Gasteiger partial charge in [-0.15, -0.1) is 11.3 Å². The van der Waals surface area contributed by atoms with Crippen LogP contribution in [0.5, 0.6) is 5.75 Å². The second kappa shape index (κ2) is 11.6. The lowest BCUT2D eigenvalue weighted by atomic mass is 10.1. The number of ether oxygens (including phenoxy) is 2. The third-order valence-corrected chi connectivity index (χ3v) is 6.48. The number of nitrogens with zero attached hydrogens (tertiary/aromatic N) is 2. The SMILES string of the molecule is COc1ccccc1-c1csc2nc(CN(Cc3ccccc3)CC(O)COC(C)C)[nH]c(=O)c12. The lowest BCUT2D eigenvalue weighted by Gasteiger charge is -2.25. The number of hydrogen-bond acceptors (Lipinski definition) is 7. The van der Waals surface area contributed by atoms with Gasteiger partial charge in [-0.1, -0.05) is 48.5 Å². The molecule has 4 aromatic rings. The van der Waals surface area contributed by atoms with E-state index in [4.69, 9.17) is 14.5 Å². The van der Waals surface area contributed by atoms with Gasteiger partial charge in [0.15, 0.2) is 0 Å². The maximum atomic E-state index is 13.2. The lowest BCUT2D eigenvalue weighted by Crippen LogP contribution is -2.35. The van der Waals surface area contributed by atoms with Gasteiger partial charge in [0.05, 0.1) is 37.9 Å². The van der Waals surface area contributed by atoms with Gasteiger partial charge in [-0.2, -0.15) is 0 Å². The molecule has 4 rings (SSSR count). The number of benzene rings is 2. The number of para-hydroxylation sites is 1. The molecule has 0 saturated heterocycles. The van der Waals surface area contributed by atoms with Gasteiger partial charge in [-0.3, -0.25) is 9.69 Å². The molecule has 2 aromatic heterocycles. The molecule has 1 unspecified atom stereocenters. The van der Waals surface area contributed by atoms with Gasteiger partial charge in [0.2, 0.25) is 0 Å². The van der Waals surface area contributed by atoms with E-state index in [0.717, 1.165) is 16.7 Å². The normalized spacial score (nSPS) is 12.5. The highest BCUT2D eigenvalue weighted by atomic mass is 32.1. The summed E-state index contributed by atoms with van der Waals surface area (Å²) in [5.74, 6) is 1.27. The molecule has 0 aliphatic heterocycles. The van der Waals surface area contributed by atoms with Crippen molar-refractivity contribution in [2.75, 3.05) is 20.3 Å². The van der Waals surface area contributed by atoms with Crippen molar-refractivity contribution in [3.8, 4) is 16.9 Å². The number of aromatic nitrogens is 2. The first-order valence-electron chi connectivity index (χ1n) is 11.6. The summed E-state index contributed by atoms with van der Waals surface area (Å²) in [4.78, 5) is 23.7. The summed E-state index contributed by atoms with van der Waals surface area (Å²) >= 11 is 1.44. The van der Waals surface area contributed by atoms with Crippen LogP contribution in [0.3, 0.4) is 0 Å². The van der Waals surface area contributed by atoms with Crippen molar-refractivity contribution in [2.45, 2.75) is 39.1 Å². The fourth-order valence-corrected chi connectivity index (χ4v) is 4.98. The molecule has 2 aromatic carbocycles. The number of fused-ring (bicyclic) bond motifs is 1. The van der Waals surface area contributed by atoms with Crippen LogP contribution in [0.2, 0.25) is 0 Å². The van der Waals surface area contributed by atoms with Crippen molar-refractivity contribution < 1.29 is 14.6 Å². The minimum absolute atomic E-state index is 0.0453. The molecule has 184 valence electrons. The predicted molar refractivity (Wildman–Crippen MR) is 140 cm³/mol. The number of aliphatic hydroxyl groups is 1. The third-order valence-electron chi connectivity index (χ3n) is 5.60. The molecular weight excluding hydrogens is 462 g/mol. The molecule has 0 spiro atoms. The maximum absolute atomic E-state index is 13.2. The van der Waals surface area contributed by atoms with Gasteiger partial charge in [0.1, 0.15) is 16.4 Å². The van der Waals surface area contributed by atoms with Crippen LogP contribution in [0.4, 0.5) is 0 Å². The molecule has 7 nitrogen and oxygen atoms in total. The van der Waals surface area contributed by atoms with Crippen molar-refractivity contribution in [1.29, 1.82) is 0 Å². The largest absolute Gasteiger partial charge is 0.496 e. The second-order valence-electron chi connectivity index (χ2n) is 8.73. The summed E-state index contributed by atoms with van der Waals surface area (Å²) in [6.07, 6.45) is -0.612. The van der Waals surface area contributed by atoms with Crippen LogP contribution in [0.1, 0.15) is 25.2 Å². The summed E-state index contributed by atoms with van der Waals surface area (Å²) in [7, 11) is 1.62. The second-order valence-corrected chi connectivity index (χ2v) is 9.59. The zero-order valence-electron chi connectivity index (χ0n) is 20.2. The van der Waals surface area contributed by atoms with E-state index in [1.54, 1.807) is 7.11 Å². The van der Waals surface area contributed by atoms with Crippen LogP contribution in [0.15, 0.2) is 64.8 Å². The van der Waals surface area contributed by atoms with Crippen molar-refractivity contribution in [2.24, 2.45) is 0 Å². The van der Waals surface area contributed by atoms with Crippen LogP contribution in [0.25, 0.3) is 21.3 Å². The van der Waals surface area contributed by atoms with E-state index >= 15 is 0 Å². The van der Waals surface area contributed by atoms with Crippen LogP contribution in [-0.4, -0.2) is 52.4 Å². The minimum atomic E-state index is -0.657. The van der Waals surface area contributed by atoms with Gasteiger partial charge < -0.3 is 19.6 Å². The molecule has 1 atom stereocenters. The number of aliphatic hydroxyl groups excluding tert-OH is 1. The summed E-state index contributed by atoms with van der Waals surface area (Å²) in [5, 5.41) is 13.1. The van der Waals surface area contributed by atoms with Crippen molar-refractivity contribution in [3.63, 3.8) is 0 Å². The first kappa shape index (κ1) is 25.1. The van der Waals surface area contributed by atoms with Gasteiger partial charge in [0.25, 0.3) is 5.56 Å². The summed E-state index contributed by atoms with van der Waals surface area (Å²) < 4.78 is 11.1. The molecular formula is C27H31N3O4S. The van der Waals surface area contributed by atoms with Crippen molar-refractivity contribution in [1.82, 2.24) is 14.9 Å². The number of methoxy groups -OCH3 is 1. The van der Waals surface area contributed by atoms with Gasteiger partial charge >= 0.3 is 0 Å². The molecule has 35 heavy (non-hydrogen) atoms. The monoisotopic (exact) mass is 493 g/mol. The molecule has 0 fully saturated rings. The third kappa shape index (κ3) is 6.35. The van der Waals surface area contributed by atoms with Crippen LogP contribution in [0, 0.1) is 0 Å². The number of H-pyrrole nitrogens is 1. The Morgan fingerprint density at radius 2 is 1.80 bits per heavy atom. The maximum Gasteiger partial charge on any atom is 0.260 e. The number of hydrogen-bond donors (Lipinski definition) is 2.